The molecule has 150 valence electrons. The van der Waals surface area contributed by atoms with Crippen LogP contribution in [0, 0.1) is 5.82 Å². The zero-order valence-electron chi connectivity index (χ0n) is 15.3. The maximum atomic E-state index is 14.1. The van der Waals surface area contributed by atoms with Crippen molar-refractivity contribution in [1.82, 2.24) is 24.9 Å². The van der Waals surface area contributed by atoms with Gasteiger partial charge in [-0.1, -0.05) is 35.0 Å². The van der Waals surface area contributed by atoms with E-state index in [4.69, 9.17) is 27.9 Å². The van der Waals surface area contributed by atoms with Crippen LogP contribution in [-0.4, -0.2) is 43.8 Å². The van der Waals surface area contributed by atoms with E-state index in [1.54, 1.807) is 13.2 Å². The molecular formula is C18H14Cl2FN5O2S. The number of thioether (sulfide) groups is 1. The molecule has 0 aromatic carbocycles. The number of ether oxygens (including phenoxy) is 1. The van der Waals surface area contributed by atoms with Crippen LogP contribution in [0.4, 0.5) is 4.39 Å². The van der Waals surface area contributed by atoms with E-state index in [-0.39, 0.29) is 17.6 Å². The summed E-state index contributed by atoms with van der Waals surface area (Å²) in [6, 6.07) is 1.19. The van der Waals surface area contributed by atoms with Crippen molar-refractivity contribution in [2.24, 2.45) is 0 Å². The number of hydrogen-bond donors (Lipinski definition) is 0. The highest BCUT2D eigenvalue weighted by atomic mass is 35.5. The monoisotopic (exact) mass is 453 g/mol. The van der Waals surface area contributed by atoms with Crippen molar-refractivity contribution >= 4 is 40.9 Å². The molecule has 1 unspecified atom stereocenters. The minimum absolute atomic E-state index is 0.150. The Morgan fingerprint density at radius 2 is 1.90 bits per heavy atom. The summed E-state index contributed by atoms with van der Waals surface area (Å²) in [5, 5.41) is 0.478. The van der Waals surface area contributed by atoms with E-state index in [0.717, 1.165) is 0 Å². The van der Waals surface area contributed by atoms with Gasteiger partial charge >= 0.3 is 5.97 Å². The summed E-state index contributed by atoms with van der Waals surface area (Å²) in [4.78, 5) is 33.6. The van der Waals surface area contributed by atoms with Gasteiger partial charge in [0.25, 0.3) is 0 Å². The van der Waals surface area contributed by atoms with Gasteiger partial charge in [-0.05, 0) is 19.2 Å². The van der Waals surface area contributed by atoms with Gasteiger partial charge in [0.15, 0.2) is 16.1 Å². The molecule has 0 radical (unpaired) electrons. The van der Waals surface area contributed by atoms with Gasteiger partial charge in [-0.25, -0.2) is 29.3 Å². The zero-order chi connectivity index (χ0) is 21.0. The summed E-state index contributed by atoms with van der Waals surface area (Å²) in [6.07, 6.45) is 7.38. The average molecular weight is 454 g/mol. The second-order valence-corrected chi connectivity index (χ2v) is 7.17. The molecule has 0 bridgehead atoms. The number of hydrogen-bond acceptors (Lipinski definition) is 8. The van der Waals surface area contributed by atoms with Gasteiger partial charge in [0.2, 0.25) is 0 Å². The molecular weight excluding hydrogens is 440 g/mol. The molecule has 29 heavy (non-hydrogen) atoms. The topological polar surface area (TPSA) is 90.8 Å². The van der Waals surface area contributed by atoms with Crippen molar-refractivity contribution in [1.29, 1.82) is 0 Å². The van der Waals surface area contributed by atoms with Gasteiger partial charge < -0.3 is 4.74 Å². The van der Waals surface area contributed by atoms with Crippen molar-refractivity contribution < 1.29 is 13.9 Å². The molecule has 0 spiro atoms. The fraction of sp³-hybridized carbons (Fsp3) is 0.222. The third kappa shape index (κ3) is 4.80. The molecule has 11 heteroatoms. The summed E-state index contributed by atoms with van der Waals surface area (Å²) in [6.45, 7) is 1.84. The van der Waals surface area contributed by atoms with E-state index in [1.807, 2.05) is 0 Å². The van der Waals surface area contributed by atoms with E-state index in [0.29, 0.717) is 27.0 Å². The summed E-state index contributed by atoms with van der Waals surface area (Å²) < 4.78 is 19.3. The zero-order valence-corrected chi connectivity index (χ0v) is 17.6. The van der Waals surface area contributed by atoms with Crippen molar-refractivity contribution in [3.05, 3.63) is 58.2 Å². The highest BCUT2D eigenvalue weighted by Gasteiger charge is 2.31. The van der Waals surface area contributed by atoms with Gasteiger partial charge in [-0.15, -0.1) is 0 Å². The number of rotatable bonds is 6. The fourth-order valence-electron chi connectivity index (χ4n) is 2.53. The Morgan fingerprint density at radius 1 is 1.17 bits per heavy atom. The number of carbonyl (C=O) groups is 1. The molecule has 0 N–H and O–H groups in total. The number of carbonyl (C=O) groups excluding carboxylic acids is 1. The lowest BCUT2D eigenvalue weighted by Crippen LogP contribution is -2.21. The van der Waals surface area contributed by atoms with Crippen LogP contribution in [0.5, 0.6) is 0 Å². The Morgan fingerprint density at radius 3 is 2.52 bits per heavy atom. The quantitative estimate of drug-likeness (QED) is 0.237. The second-order valence-electron chi connectivity index (χ2n) is 5.60. The highest BCUT2D eigenvalue weighted by Crippen LogP contribution is 2.33. The summed E-state index contributed by atoms with van der Waals surface area (Å²) in [7, 11) is 0. The largest absolute Gasteiger partial charge is 0.465 e. The Bertz CT molecular complexity index is 1040. The first-order valence-electron chi connectivity index (χ1n) is 8.31. The maximum absolute atomic E-state index is 14.1. The van der Waals surface area contributed by atoms with Gasteiger partial charge in [-0.2, -0.15) is 0 Å². The Kier molecular flexibility index (Phi) is 6.94. The number of halogens is 3. The number of esters is 1. The highest BCUT2D eigenvalue weighted by molar-refractivity contribution is 7.98. The number of aromatic nitrogens is 5. The van der Waals surface area contributed by atoms with Crippen molar-refractivity contribution in [2.75, 3.05) is 12.9 Å². The molecule has 7 nitrogen and oxygen atoms in total. The molecule has 0 aliphatic heterocycles. The molecule has 0 saturated heterocycles. The lowest BCUT2D eigenvalue weighted by Gasteiger charge is -2.18. The van der Waals surface area contributed by atoms with Crippen LogP contribution in [-0.2, 0) is 9.53 Å². The van der Waals surface area contributed by atoms with E-state index in [1.165, 1.54) is 42.6 Å². The molecule has 3 aromatic rings. The summed E-state index contributed by atoms with van der Waals surface area (Å²) in [5.41, 5.74) is 0.957. The van der Waals surface area contributed by atoms with Crippen molar-refractivity contribution in [3.8, 4) is 11.3 Å². The molecule has 0 saturated carbocycles. The lowest BCUT2D eigenvalue weighted by molar-refractivity contribution is -0.144. The third-order valence-corrected chi connectivity index (χ3v) is 4.81. The molecule has 1 atom stereocenters. The van der Waals surface area contributed by atoms with Crippen molar-refractivity contribution in [3.63, 3.8) is 0 Å². The first kappa shape index (κ1) is 21.4. The van der Waals surface area contributed by atoms with E-state index in [2.05, 4.69) is 24.9 Å². The third-order valence-electron chi connectivity index (χ3n) is 3.78. The molecule has 0 aliphatic carbocycles. The van der Waals surface area contributed by atoms with Crippen LogP contribution in [0.25, 0.3) is 11.3 Å². The Labute approximate surface area is 180 Å². The first-order chi connectivity index (χ1) is 13.9. The molecule has 3 rings (SSSR count). The van der Waals surface area contributed by atoms with Gasteiger partial charge in [-0.3, -0.25) is 4.79 Å². The van der Waals surface area contributed by atoms with E-state index >= 15 is 0 Å². The number of nitrogens with zero attached hydrogens (tertiary/aromatic N) is 5. The first-order valence-corrected chi connectivity index (χ1v) is 10.3. The standard InChI is InChI=1S/C18H14Cl2FN5O2S/c1-3-28-17(27)13(16-23-6-10(19)7-24-16)11-8-25-18(29-2)26-14(11)9-4-12(21)15(20)22-5-9/h4-8,13H,3H2,1-2H3. The van der Waals surface area contributed by atoms with Crippen LogP contribution >= 0.6 is 35.0 Å². The SMILES string of the molecule is CCOC(=O)C(c1ncc(Cl)cn1)c1cnc(SC)nc1-c1cnc(Cl)c(F)c1. The Balaban J connectivity index is 2.22. The maximum Gasteiger partial charge on any atom is 0.321 e. The van der Waals surface area contributed by atoms with Gasteiger partial charge in [0.05, 0.1) is 17.3 Å². The molecule has 3 heterocycles. The van der Waals surface area contributed by atoms with Crippen LogP contribution in [0.3, 0.4) is 0 Å². The predicted molar refractivity (Wildman–Crippen MR) is 108 cm³/mol. The lowest BCUT2D eigenvalue weighted by atomic mass is 9.95. The smallest absolute Gasteiger partial charge is 0.321 e. The van der Waals surface area contributed by atoms with Crippen LogP contribution in [0.15, 0.2) is 36.0 Å². The summed E-state index contributed by atoms with van der Waals surface area (Å²) >= 11 is 12.9. The van der Waals surface area contributed by atoms with Gasteiger partial charge in [0, 0.05) is 35.9 Å². The minimum Gasteiger partial charge on any atom is -0.465 e. The van der Waals surface area contributed by atoms with Crippen molar-refractivity contribution in [2.45, 2.75) is 18.0 Å². The average Bonchev–Trinajstić information content (AvgIpc) is 2.72. The summed E-state index contributed by atoms with van der Waals surface area (Å²) in [5.74, 6) is -2.21. The van der Waals surface area contributed by atoms with Crippen LogP contribution < -0.4 is 0 Å². The predicted octanol–water partition coefficient (Wildman–Crippen LogP) is 4.19. The molecule has 0 aliphatic rings. The van der Waals surface area contributed by atoms with Gasteiger partial charge in [0.1, 0.15) is 11.7 Å². The van der Waals surface area contributed by atoms with Crippen LogP contribution in [0.2, 0.25) is 10.2 Å². The fourth-order valence-corrected chi connectivity index (χ4v) is 3.08. The second kappa shape index (κ2) is 9.43. The van der Waals surface area contributed by atoms with Crippen LogP contribution in [0.1, 0.15) is 24.2 Å². The minimum atomic E-state index is -1.04. The van der Waals surface area contributed by atoms with E-state index < -0.39 is 17.7 Å². The molecule has 0 amide bonds. The number of pyridine rings is 1. The Hall–Kier alpha value is -2.36. The van der Waals surface area contributed by atoms with E-state index in [9.17, 15) is 9.18 Å². The molecule has 0 fully saturated rings. The normalized spacial score (nSPS) is 11.9. The molecule has 3 aromatic heterocycles.